The van der Waals surface area contributed by atoms with Crippen molar-refractivity contribution in [2.75, 3.05) is 6.61 Å². The summed E-state index contributed by atoms with van der Waals surface area (Å²) in [5, 5.41) is 0. The van der Waals surface area contributed by atoms with Crippen molar-refractivity contribution in [2.24, 2.45) is 0 Å². The van der Waals surface area contributed by atoms with Gasteiger partial charge in [0.15, 0.2) is 24.3 Å². The Kier molecular flexibility index (Phi) is 5.89. The van der Waals surface area contributed by atoms with E-state index < -0.39 is 46.5 Å². The first-order chi connectivity index (χ1) is 14.6. The second kappa shape index (κ2) is 8.33. The maximum absolute atomic E-state index is 12.6. The molecular formula is C22H24O8S. The predicted octanol–water partition coefficient (Wildman–Crippen LogP) is 2.80. The minimum absolute atomic E-state index is 0.0303. The zero-order valence-electron chi connectivity index (χ0n) is 17.4. The minimum Gasteiger partial charge on any atom is -0.453 e. The lowest BCUT2D eigenvalue weighted by Crippen LogP contribution is -2.40. The van der Waals surface area contributed by atoms with Gasteiger partial charge in [0.05, 0.1) is 17.1 Å². The molecule has 2 aliphatic rings. The zero-order valence-corrected chi connectivity index (χ0v) is 18.2. The zero-order chi connectivity index (χ0) is 22.2. The maximum atomic E-state index is 12.6. The highest BCUT2D eigenvalue weighted by Crippen LogP contribution is 2.39. The van der Waals surface area contributed by atoms with Crippen molar-refractivity contribution in [3.63, 3.8) is 0 Å². The van der Waals surface area contributed by atoms with E-state index in [4.69, 9.17) is 23.1 Å². The molecule has 9 heteroatoms. The van der Waals surface area contributed by atoms with Crippen molar-refractivity contribution < 1.29 is 36.3 Å². The van der Waals surface area contributed by atoms with Crippen LogP contribution in [0.2, 0.25) is 0 Å². The van der Waals surface area contributed by atoms with Crippen molar-refractivity contribution in [1.29, 1.82) is 0 Å². The summed E-state index contributed by atoms with van der Waals surface area (Å²) in [6.07, 6.45) is -3.32. The molecule has 2 aliphatic heterocycles. The molecule has 0 aromatic heterocycles. The highest BCUT2D eigenvalue weighted by atomic mass is 32.2. The van der Waals surface area contributed by atoms with Gasteiger partial charge in [0.25, 0.3) is 10.1 Å². The van der Waals surface area contributed by atoms with Crippen molar-refractivity contribution in [1.82, 2.24) is 0 Å². The average molecular weight is 448 g/mol. The van der Waals surface area contributed by atoms with E-state index in [1.54, 1.807) is 56.3 Å². The van der Waals surface area contributed by atoms with Crippen LogP contribution in [0.25, 0.3) is 0 Å². The Morgan fingerprint density at radius 1 is 1.03 bits per heavy atom. The third-order valence-electron chi connectivity index (χ3n) is 5.04. The van der Waals surface area contributed by atoms with E-state index in [-0.39, 0.29) is 11.5 Å². The number of aryl methyl sites for hydroxylation is 1. The Balaban J connectivity index is 1.50. The molecule has 31 heavy (non-hydrogen) atoms. The van der Waals surface area contributed by atoms with Gasteiger partial charge in [-0.15, -0.1) is 0 Å². The van der Waals surface area contributed by atoms with E-state index in [2.05, 4.69) is 0 Å². The summed E-state index contributed by atoms with van der Waals surface area (Å²) in [5.74, 6) is -1.50. The molecule has 2 aromatic rings. The number of benzene rings is 2. The molecule has 0 bridgehead atoms. The number of fused-ring (bicyclic) bond motifs is 1. The van der Waals surface area contributed by atoms with Gasteiger partial charge in [-0.05, 0) is 45.0 Å². The molecular weight excluding hydrogens is 424 g/mol. The molecule has 8 nitrogen and oxygen atoms in total. The molecule has 0 unspecified atom stereocenters. The van der Waals surface area contributed by atoms with Crippen LogP contribution >= 0.6 is 0 Å². The summed E-state index contributed by atoms with van der Waals surface area (Å²) in [6.45, 7) is 4.94. The predicted molar refractivity (Wildman–Crippen MR) is 109 cm³/mol. The summed E-state index contributed by atoms with van der Waals surface area (Å²) < 4.78 is 53.4. The van der Waals surface area contributed by atoms with E-state index in [1.807, 2.05) is 6.92 Å². The van der Waals surface area contributed by atoms with Crippen molar-refractivity contribution >= 4 is 16.1 Å². The van der Waals surface area contributed by atoms with Crippen LogP contribution in [-0.2, 0) is 33.2 Å². The first-order valence-corrected chi connectivity index (χ1v) is 11.3. The van der Waals surface area contributed by atoms with Gasteiger partial charge in [-0.3, -0.25) is 4.18 Å². The summed E-state index contributed by atoms with van der Waals surface area (Å²) in [6, 6.07) is 14.8. The van der Waals surface area contributed by atoms with E-state index >= 15 is 0 Å². The molecule has 0 radical (unpaired) electrons. The molecule has 0 N–H and O–H groups in total. The van der Waals surface area contributed by atoms with E-state index in [9.17, 15) is 13.2 Å². The van der Waals surface area contributed by atoms with E-state index in [0.29, 0.717) is 5.56 Å². The lowest BCUT2D eigenvalue weighted by atomic mass is 10.1. The fourth-order valence-electron chi connectivity index (χ4n) is 3.52. The van der Waals surface area contributed by atoms with Crippen LogP contribution in [0.1, 0.15) is 29.8 Å². The highest BCUT2D eigenvalue weighted by Gasteiger charge is 2.57. The SMILES string of the molecule is Cc1ccc(S(=O)(=O)OC[C@H]2O[C@@H]3OC(C)(C)O[C@@H]3[C@H]2OC(=O)c2ccccc2)cc1. The van der Waals surface area contributed by atoms with Crippen LogP contribution in [0.15, 0.2) is 59.5 Å². The monoisotopic (exact) mass is 448 g/mol. The second-order valence-electron chi connectivity index (χ2n) is 7.93. The van der Waals surface area contributed by atoms with Gasteiger partial charge in [0, 0.05) is 0 Å². The molecule has 0 spiro atoms. The molecule has 0 aliphatic carbocycles. The van der Waals surface area contributed by atoms with Crippen molar-refractivity contribution in [3.05, 3.63) is 65.7 Å². The molecule has 4 rings (SSSR count). The lowest BCUT2D eigenvalue weighted by molar-refractivity contribution is -0.217. The smallest absolute Gasteiger partial charge is 0.338 e. The van der Waals surface area contributed by atoms with Crippen LogP contribution in [0, 0.1) is 6.92 Å². The Hall–Kier alpha value is -2.30. The minimum atomic E-state index is -4.02. The fraction of sp³-hybridized carbons (Fsp3) is 0.409. The summed E-state index contributed by atoms with van der Waals surface area (Å²) >= 11 is 0. The topological polar surface area (TPSA) is 97.4 Å². The highest BCUT2D eigenvalue weighted by molar-refractivity contribution is 7.86. The average Bonchev–Trinajstić information content (AvgIpc) is 3.19. The first kappa shape index (κ1) is 21.9. The number of rotatable bonds is 6. The van der Waals surface area contributed by atoms with E-state index in [1.165, 1.54) is 12.1 Å². The van der Waals surface area contributed by atoms with E-state index in [0.717, 1.165) is 5.56 Å². The number of hydrogen-bond donors (Lipinski definition) is 0. The van der Waals surface area contributed by atoms with Gasteiger partial charge in [0.1, 0.15) is 6.10 Å². The first-order valence-electron chi connectivity index (χ1n) is 9.88. The van der Waals surface area contributed by atoms with Crippen LogP contribution < -0.4 is 0 Å². The molecule has 4 atom stereocenters. The number of carbonyl (C=O) groups excluding carboxylic acids is 1. The third kappa shape index (κ3) is 4.81. The normalized spacial score (nSPS) is 27.1. The number of hydrogen-bond acceptors (Lipinski definition) is 8. The quantitative estimate of drug-likeness (QED) is 0.492. The molecule has 2 saturated heterocycles. The van der Waals surface area contributed by atoms with Gasteiger partial charge in [0.2, 0.25) is 0 Å². The Bertz CT molecular complexity index is 1030. The van der Waals surface area contributed by atoms with Crippen molar-refractivity contribution in [2.45, 2.75) is 56.1 Å². The molecule has 0 saturated carbocycles. The van der Waals surface area contributed by atoms with Gasteiger partial charge in [-0.2, -0.15) is 8.42 Å². The standard InChI is InChI=1S/C22H24O8S/c1-14-9-11-16(12-10-14)31(24,25)26-13-17-18(19-21(27-17)30-22(2,3)29-19)28-20(23)15-7-5-4-6-8-15/h4-12,17-19,21H,13H2,1-3H3/t17-,18+,19-,21-/m1/s1. The number of carbonyl (C=O) groups is 1. The van der Waals surface area contributed by atoms with Gasteiger partial charge in [-0.25, -0.2) is 4.79 Å². The van der Waals surface area contributed by atoms with Gasteiger partial charge >= 0.3 is 5.97 Å². The summed E-state index contributed by atoms with van der Waals surface area (Å²) in [7, 11) is -4.02. The largest absolute Gasteiger partial charge is 0.453 e. The molecule has 0 amide bonds. The van der Waals surface area contributed by atoms with Crippen molar-refractivity contribution in [3.8, 4) is 0 Å². The Labute approximate surface area is 181 Å². The molecule has 2 aromatic carbocycles. The Morgan fingerprint density at radius 3 is 2.39 bits per heavy atom. The third-order valence-corrected chi connectivity index (χ3v) is 6.33. The second-order valence-corrected chi connectivity index (χ2v) is 9.55. The molecule has 2 heterocycles. The van der Waals surface area contributed by atoms with Gasteiger partial charge < -0.3 is 18.9 Å². The summed E-state index contributed by atoms with van der Waals surface area (Å²) in [5.41, 5.74) is 1.28. The number of esters is 1. The van der Waals surface area contributed by atoms with Crippen LogP contribution in [0.4, 0.5) is 0 Å². The van der Waals surface area contributed by atoms with Gasteiger partial charge in [-0.1, -0.05) is 35.9 Å². The fourth-order valence-corrected chi connectivity index (χ4v) is 4.44. The molecule has 166 valence electrons. The van der Waals surface area contributed by atoms with Crippen LogP contribution in [0.5, 0.6) is 0 Å². The molecule has 2 fully saturated rings. The van der Waals surface area contributed by atoms with Crippen LogP contribution in [0.3, 0.4) is 0 Å². The Morgan fingerprint density at radius 2 is 1.71 bits per heavy atom. The maximum Gasteiger partial charge on any atom is 0.338 e. The summed E-state index contributed by atoms with van der Waals surface area (Å²) in [4.78, 5) is 12.6. The van der Waals surface area contributed by atoms with Crippen LogP contribution in [-0.4, -0.2) is 51.4 Å². The lowest BCUT2D eigenvalue weighted by Gasteiger charge is -2.25. The number of ether oxygens (including phenoxy) is 4.